The van der Waals surface area contributed by atoms with Crippen LogP contribution in [0, 0.1) is 0 Å². The molecule has 0 radical (unpaired) electrons. The Morgan fingerprint density at radius 2 is 1.84 bits per heavy atom. The van der Waals surface area contributed by atoms with Crippen molar-refractivity contribution in [1.82, 2.24) is 4.98 Å². The number of primary amides is 1. The second-order valence-electron chi connectivity index (χ2n) is 3.81. The Hall–Kier alpha value is -2.37. The first-order valence-corrected chi connectivity index (χ1v) is 5.32. The molecule has 0 spiro atoms. The molecule has 1 aromatic heterocycles. The molecule has 2 rings (SSSR count). The summed E-state index contributed by atoms with van der Waals surface area (Å²) in [5.74, 6) is -0.924. The maximum Gasteiger partial charge on any atom is 0.417 e. The summed E-state index contributed by atoms with van der Waals surface area (Å²) in [7, 11) is 0. The number of aromatic nitrogens is 1. The Labute approximate surface area is 106 Å². The predicted molar refractivity (Wildman–Crippen MR) is 63.2 cm³/mol. The van der Waals surface area contributed by atoms with Gasteiger partial charge in [-0.2, -0.15) is 13.2 Å². The maximum atomic E-state index is 13.0. The van der Waals surface area contributed by atoms with E-state index in [4.69, 9.17) is 5.73 Å². The Kier molecular flexibility index (Phi) is 3.25. The van der Waals surface area contributed by atoms with E-state index in [1.807, 2.05) is 0 Å². The highest BCUT2D eigenvalue weighted by Gasteiger charge is 2.35. The zero-order chi connectivity index (χ0) is 14.0. The lowest BCUT2D eigenvalue weighted by molar-refractivity contribution is -0.137. The van der Waals surface area contributed by atoms with Gasteiger partial charge in [-0.05, 0) is 24.3 Å². The summed E-state index contributed by atoms with van der Waals surface area (Å²) in [5, 5.41) is 0. The third kappa shape index (κ3) is 2.57. The minimum absolute atomic E-state index is 0.0595. The van der Waals surface area contributed by atoms with Crippen molar-refractivity contribution < 1.29 is 18.0 Å². The van der Waals surface area contributed by atoms with Crippen molar-refractivity contribution >= 4 is 5.91 Å². The standard InChI is InChI=1S/C13H9F3N2O/c14-13(15,16)9-5-3-4-8(12(17)19)11(9)10-6-1-2-7-18-10/h1-7H,(H2,17,19). The molecule has 0 aliphatic carbocycles. The quantitative estimate of drug-likeness (QED) is 0.908. The van der Waals surface area contributed by atoms with Gasteiger partial charge < -0.3 is 5.73 Å². The molecule has 98 valence electrons. The first kappa shape index (κ1) is 13.1. The van der Waals surface area contributed by atoms with Gasteiger partial charge in [-0.3, -0.25) is 9.78 Å². The molecule has 0 aliphatic heterocycles. The summed E-state index contributed by atoms with van der Waals surface area (Å²) in [6.45, 7) is 0. The second-order valence-corrected chi connectivity index (χ2v) is 3.81. The lowest BCUT2D eigenvalue weighted by atomic mass is 9.97. The number of hydrogen-bond donors (Lipinski definition) is 1. The number of alkyl halides is 3. The van der Waals surface area contributed by atoms with Crippen molar-refractivity contribution in [3.63, 3.8) is 0 Å². The number of benzene rings is 1. The average molecular weight is 266 g/mol. The minimum Gasteiger partial charge on any atom is -0.366 e. The Morgan fingerprint density at radius 1 is 1.11 bits per heavy atom. The average Bonchev–Trinajstić information content (AvgIpc) is 2.37. The SMILES string of the molecule is NC(=O)c1cccc(C(F)(F)F)c1-c1ccccn1. The number of nitrogens with two attached hydrogens (primary N) is 1. The van der Waals surface area contributed by atoms with Crippen LogP contribution in [0.3, 0.4) is 0 Å². The Morgan fingerprint density at radius 3 is 2.37 bits per heavy atom. The van der Waals surface area contributed by atoms with E-state index in [0.717, 1.165) is 12.1 Å². The summed E-state index contributed by atoms with van der Waals surface area (Å²) in [6, 6.07) is 7.81. The van der Waals surface area contributed by atoms with Crippen LogP contribution < -0.4 is 5.73 Å². The van der Waals surface area contributed by atoms with Crippen LogP contribution in [-0.2, 0) is 6.18 Å². The predicted octanol–water partition coefficient (Wildman–Crippen LogP) is 2.87. The van der Waals surface area contributed by atoms with Crippen LogP contribution in [0.25, 0.3) is 11.3 Å². The zero-order valence-electron chi connectivity index (χ0n) is 9.61. The van der Waals surface area contributed by atoms with Crippen molar-refractivity contribution in [1.29, 1.82) is 0 Å². The van der Waals surface area contributed by atoms with Crippen molar-refractivity contribution in [3.8, 4) is 11.3 Å². The fourth-order valence-corrected chi connectivity index (χ4v) is 1.78. The van der Waals surface area contributed by atoms with Crippen LogP contribution in [0.4, 0.5) is 13.2 Å². The molecular weight excluding hydrogens is 257 g/mol. The number of rotatable bonds is 2. The smallest absolute Gasteiger partial charge is 0.366 e. The third-order valence-electron chi connectivity index (χ3n) is 2.56. The summed E-state index contributed by atoms with van der Waals surface area (Å²) in [5.41, 5.74) is 3.77. The Bertz CT molecular complexity index is 609. The second kappa shape index (κ2) is 4.72. The number of hydrogen-bond acceptors (Lipinski definition) is 2. The number of nitrogens with zero attached hydrogens (tertiary/aromatic N) is 1. The minimum atomic E-state index is -4.59. The van der Waals surface area contributed by atoms with Crippen molar-refractivity contribution in [2.75, 3.05) is 0 Å². The molecule has 0 unspecified atom stereocenters. The van der Waals surface area contributed by atoms with Gasteiger partial charge in [0.15, 0.2) is 0 Å². The zero-order valence-corrected chi connectivity index (χ0v) is 9.61. The molecule has 2 aromatic rings. The highest BCUT2D eigenvalue weighted by Crippen LogP contribution is 2.38. The molecule has 1 amide bonds. The molecule has 1 aromatic carbocycles. The fourth-order valence-electron chi connectivity index (χ4n) is 1.78. The first-order valence-electron chi connectivity index (χ1n) is 5.32. The normalized spacial score (nSPS) is 11.3. The lowest BCUT2D eigenvalue weighted by Gasteiger charge is -2.14. The Balaban J connectivity index is 2.78. The molecule has 1 heterocycles. The van der Waals surface area contributed by atoms with E-state index >= 15 is 0 Å². The third-order valence-corrected chi connectivity index (χ3v) is 2.56. The number of halogens is 3. The van der Waals surface area contributed by atoms with Crippen molar-refractivity contribution in [2.45, 2.75) is 6.18 Å². The summed E-state index contributed by atoms with van der Waals surface area (Å²) in [4.78, 5) is 15.2. The topological polar surface area (TPSA) is 56.0 Å². The van der Waals surface area contributed by atoms with Gasteiger partial charge in [0.1, 0.15) is 0 Å². The van der Waals surface area contributed by atoms with Gasteiger partial charge in [0, 0.05) is 17.3 Å². The van der Waals surface area contributed by atoms with Crippen LogP contribution in [0.1, 0.15) is 15.9 Å². The van der Waals surface area contributed by atoms with E-state index < -0.39 is 17.6 Å². The number of carbonyl (C=O) groups excluding carboxylic acids is 1. The van der Waals surface area contributed by atoms with E-state index in [2.05, 4.69) is 4.98 Å². The molecule has 0 saturated carbocycles. The van der Waals surface area contributed by atoms with E-state index in [1.54, 1.807) is 12.1 Å². The van der Waals surface area contributed by atoms with Crippen LogP contribution in [0.5, 0.6) is 0 Å². The number of pyridine rings is 1. The van der Waals surface area contributed by atoms with Crippen LogP contribution in [0.2, 0.25) is 0 Å². The largest absolute Gasteiger partial charge is 0.417 e. The van der Waals surface area contributed by atoms with Crippen LogP contribution >= 0.6 is 0 Å². The molecule has 3 nitrogen and oxygen atoms in total. The van der Waals surface area contributed by atoms with E-state index in [1.165, 1.54) is 18.3 Å². The summed E-state index contributed by atoms with van der Waals surface area (Å²) in [6.07, 6.45) is -3.23. The molecule has 19 heavy (non-hydrogen) atoms. The fraction of sp³-hybridized carbons (Fsp3) is 0.0769. The number of carbonyl (C=O) groups is 1. The van der Waals surface area contributed by atoms with Gasteiger partial charge in [0.25, 0.3) is 0 Å². The maximum absolute atomic E-state index is 13.0. The molecule has 0 saturated heterocycles. The summed E-state index contributed by atoms with van der Waals surface area (Å²) < 4.78 is 39.0. The highest BCUT2D eigenvalue weighted by molar-refractivity contribution is 6.00. The van der Waals surface area contributed by atoms with E-state index in [0.29, 0.717) is 0 Å². The molecule has 0 fully saturated rings. The molecule has 0 atom stereocenters. The molecule has 0 aliphatic rings. The van der Waals surface area contributed by atoms with Crippen LogP contribution in [0.15, 0.2) is 42.6 Å². The molecule has 2 N–H and O–H groups in total. The van der Waals surface area contributed by atoms with Gasteiger partial charge in [0.05, 0.1) is 11.3 Å². The molecule has 6 heteroatoms. The van der Waals surface area contributed by atoms with E-state index in [-0.39, 0.29) is 16.8 Å². The van der Waals surface area contributed by atoms with Gasteiger partial charge in [-0.15, -0.1) is 0 Å². The van der Waals surface area contributed by atoms with E-state index in [9.17, 15) is 18.0 Å². The van der Waals surface area contributed by atoms with Gasteiger partial charge in [-0.25, -0.2) is 0 Å². The number of amides is 1. The lowest BCUT2D eigenvalue weighted by Crippen LogP contribution is -2.16. The highest BCUT2D eigenvalue weighted by atomic mass is 19.4. The van der Waals surface area contributed by atoms with Gasteiger partial charge in [0.2, 0.25) is 5.91 Å². The van der Waals surface area contributed by atoms with Gasteiger partial charge >= 0.3 is 6.18 Å². The van der Waals surface area contributed by atoms with Crippen molar-refractivity contribution in [2.24, 2.45) is 5.73 Å². The summed E-state index contributed by atoms with van der Waals surface area (Å²) >= 11 is 0. The molecule has 0 bridgehead atoms. The monoisotopic (exact) mass is 266 g/mol. The molecular formula is C13H9F3N2O. The van der Waals surface area contributed by atoms with Crippen LogP contribution in [-0.4, -0.2) is 10.9 Å². The van der Waals surface area contributed by atoms with Gasteiger partial charge in [-0.1, -0.05) is 12.1 Å². The van der Waals surface area contributed by atoms with Crippen molar-refractivity contribution in [3.05, 3.63) is 53.7 Å². The first-order chi connectivity index (χ1) is 8.91.